The van der Waals surface area contributed by atoms with Crippen molar-refractivity contribution in [1.29, 1.82) is 0 Å². The van der Waals surface area contributed by atoms with Crippen molar-refractivity contribution in [2.24, 2.45) is 5.92 Å². The van der Waals surface area contributed by atoms with Gasteiger partial charge >= 0.3 is 12.1 Å². The zero-order chi connectivity index (χ0) is 30.7. The fourth-order valence-electron chi connectivity index (χ4n) is 6.32. The molecule has 4 heterocycles. The number of benzene rings is 2. The van der Waals surface area contributed by atoms with Gasteiger partial charge in [-0.05, 0) is 79.6 Å². The van der Waals surface area contributed by atoms with Crippen molar-refractivity contribution in [3.8, 4) is 11.5 Å². The van der Waals surface area contributed by atoms with Gasteiger partial charge < -0.3 is 29.5 Å². The van der Waals surface area contributed by atoms with Crippen molar-refractivity contribution in [3.05, 3.63) is 94.3 Å². The predicted molar refractivity (Wildman–Crippen MR) is 166 cm³/mol. The molecule has 10 heteroatoms. The summed E-state index contributed by atoms with van der Waals surface area (Å²) in [5.74, 6) is -0.440. The van der Waals surface area contributed by atoms with Crippen LogP contribution in [0.3, 0.4) is 0 Å². The molecule has 1 atom stereocenters. The Hall–Kier alpha value is -3.92. The number of hydrogen-bond donors (Lipinski definition) is 2. The summed E-state index contributed by atoms with van der Waals surface area (Å²) in [6.07, 6.45) is 6.61. The highest BCUT2D eigenvalue weighted by molar-refractivity contribution is 6.30. The molecule has 2 fully saturated rings. The molecule has 0 unspecified atom stereocenters. The van der Waals surface area contributed by atoms with Gasteiger partial charge in [-0.25, -0.2) is 4.79 Å². The van der Waals surface area contributed by atoms with E-state index < -0.39 is 23.6 Å². The number of halogens is 1. The normalized spacial score (nSPS) is 20.6. The van der Waals surface area contributed by atoms with Crippen LogP contribution in [0.1, 0.15) is 54.5 Å². The first-order valence-electron chi connectivity index (χ1n) is 15.1. The number of carboxylic acids is 1. The number of likely N-dealkylation sites (tertiary alicyclic amines) is 2. The molecule has 0 saturated carbocycles. The first-order chi connectivity index (χ1) is 21.3. The van der Waals surface area contributed by atoms with E-state index in [1.165, 1.54) is 4.90 Å². The van der Waals surface area contributed by atoms with Crippen molar-refractivity contribution >= 4 is 29.2 Å². The highest BCUT2D eigenvalue weighted by atomic mass is 35.5. The Labute approximate surface area is 261 Å². The summed E-state index contributed by atoms with van der Waals surface area (Å²) in [6, 6.07) is 16.7. The number of amides is 1. The number of carboxylic acid groups (broad SMARTS) is 1. The van der Waals surface area contributed by atoms with Crippen LogP contribution in [0.4, 0.5) is 4.79 Å². The molecule has 3 aliphatic heterocycles. The Kier molecular flexibility index (Phi) is 8.88. The van der Waals surface area contributed by atoms with Crippen LogP contribution < -0.4 is 9.47 Å². The van der Waals surface area contributed by atoms with Crippen molar-refractivity contribution in [2.75, 3.05) is 32.7 Å². The summed E-state index contributed by atoms with van der Waals surface area (Å²) in [5.41, 5.74) is 3.61. The number of rotatable bonds is 6. The van der Waals surface area contributed by atoms with Gasteiger partial charge in [0.15, 0.2) is 0 Å². The highest BCUT2D eigenvalue weighted by Gasteiger charge is 2.34. The molecule has 3 aromatic rings. The lowest BCUT2D eigenvalue weighted by Gasteiger charge is -2.38. The van der Waals surface area contributed by atoms with E-state index >= 15 is 0 Å². The summed E-state index contributed by atoms with van der Waals surface area (Å²) < 4.78 is 11.9. The number of aromatic nitrogens is 1. The second kappa shape index (κ2) is 13.0. The second-order valence-electron chi connectivity index (χ2n) is 11.7. The fourth-order valence-corrected chi connectivity index (χ4v) is 6.44. The van der Waals surface area contributed by atoms with Crippen molar-refractivity contribution in [3.63, 3.8) is 0 Å². The number of piperidine rings is 2. The average molecular weight is 618 g/mol. The fraction of sp³-hybridized carbons (Fsp3) is 0.382. The van der Waals surface area contributed by atoms with E-state index in [1.54, 1.807) is 18.3 Å². The van der Waals surface area contributed by atoms with Gasteiger partial charge in [-0.2, -0.15) is 0 Å². The van der Waals surface area contributed by atoms with Gasteiger partial charge in [0.25, 0.3) is 0 Å². The first kappa shape index (κ1) is 30.1. The number of hydrogen-bond acceptors (Lipinski definition) is 7. The largest absolute Gasteiger partial charge is 0.487 e. The molecule has 1 amide bonds. The van der Waals surface area contributed by atoms with E-state index in [0.717, 1.165) is 54.0 Å². The summed E-state index contributed by atoms with van der Waals surface area (Å²) in [7, 11) is 0. The lowest BCUT2D eigenvalue weighted by molar-refractivity contribution is -0.143. The van der Waals surface area contributed by atoms with E-state index in [0.29, 0.717) is 55.4 Å². The molecule has 9 nitrogen and oxygen atoms in total. The topological polar surface area (TPSA) is 112 Å². The minimum Gasteiger partial charge on any atom is -0.487 e. The molecule has 0 aliphatic carbocycles. The first-order valence-corrected chi connectivity index (χ1v) is 15.5. The third kappa shape index (κ3) is 6.60. The van der Waals surface area contributed by atoms with Crippen LogP contribution in [0, 0.1) is 5.92 Å². The predicted octanol–water partition coefficient (Wildman–Crippen LogP) is 5.73. The van der Waals surface area contributed by atoms with Crippen LogP contribution in [0.15, 0.2) is 66.9 Å². The van der Waals surface area contributed by atoms with Crippen LogP contribution in [-0.2, 0) is 17.0 Å². The number of nitrogens with zero attached hydrogens (tertiary/aromatic N) is 3. The number of carbonyl (C=O) groups is 2. The molecule has 44 heavy (non-hydrogen) atoms. The van der Waals surface area contributed by atoms with Gasteiger partial charge in [-0.1, -0.05) is 35.9 Å². The number of aliphatic hydroxyl groups is 1. The Balaban J connectivity index is 1.17. The zero-order valence-corrected chi connectivity index (χ0v) is 25.2. The number of aliphatic carboxylic acids is 1. The maximum absolute atomic E-state index is 13.0. The van der Waals surface area contributed by atoms with Crippen LogP contribution in [0.2, 0.25) is 5.02 Å². The van der Waals surface area contributed by atoms with Crippen molar-refractivity contribution in [2.45, 2.75) is 44.3 Å². The minimum atomic E-state index is -0.895. The van der Waals surface area contributed by atoms with Crippen LogP contribution >= 0.6 is 11.6 Å². The lowest BCUT2D eigenvalue weighted by Crippen LogP contribution is -2.43. The Bertz CT molecular complexity index is 1550. The summed E-state index contributed by atoms with van der Waals surface area (Å²) in [6.45, 7) is 3.30. The van der Waals surface area contributed by atoms with E-state index in [9.17, 15) is 19.8 Å². The number of pyridine rings is 1. The summed E-state index contributed by atoms with van der Waals surface area (Å²) in [5, 5.41) is 21.3. The van der Waals surface area contributed by atoms with Crippen molar-refractivity contribution < 1.29 is 29.3 Å². The zero-order valence-electron chi connectivity index (χ0n) is 24.5. The Morgan fingerprint density at radius 2 is 1.89 bits per heavy atom. The van der Waals surface area contributed by atoms with Gasteiger partial charge in [0.1, 0.15) is 18.1 Å². The maximum Gasteiger partial charge on any atom is 0.415 e. The third-order valence-corrected chi connectivity index (χ3v) is 9.13. The molecule has 0 spiro atoms. The third-order valence-electron chi connectivity index (χ3n) is 8.88. The molecule has 2 aromatic carbocycles. The van der Waals surface area contributed by atoms with E-state index in [2.05, 4.69) is 16.0 Å². The minimum absolute atomic E-state index is 0.139. The van der Waals surface area contributed by atoms with Gasteiger partial charge in [0, 0.05) is 55.1 Å². The van der Waals surface area contributed by atoms with Gasteiger partial charge in [-0.15, -0.1) is 0 Å². The molecular formula is C34H36ClN3O6. The lowest BCUT2D eigenvalue weighted by atomic mass is 9.84. The Morgan fingerprint density at radius 3 is 2.66 bits per heavy atom. The van der Waals surface area contributed by atoms with Gasteiger partial charge in [0.2, 0.25) is 0 Å². The highest BCUT2D eigenvalue weighted by Crippen LogP contribution is 2.39. The Morgan fingerprint density at radius 1 is 1.09 bits per heavy atom. The summed E-state index contributed by atoms with van der Waals surface area (Å²) >= 11 is 6.04. The van der Waals surface area contributed by atoms with E-state index in [4.69, 9.17) is 21.1 Å². The number of ether oxygens (including phenoxy) is 2. The number of fused-ring (bicyclic) bond motifs is 2. The quantitative estimate of drug-likeness (QED) is 0.361. The molecule has 230 valence electrons. The van der Waals surface area contributed by atoms with Crippen LogP contribution in [-0.4, -0.2) is 69.8 Å². The molecular weight excluding hydrogens is 582 g/mol. The van der Waals surface area contributed by atoms with Gasteiger partial charge in [0.05, 0.1) is 17.2 Å². The molecule has 2 N–H and O–H groups in total. The van der Waals surface area contributed by atoms with Crippen molar-refractivity contribution in [1.82, 2.24) is 14.8 Å². The van der Waals surface area contributed by atoms with Gasteiger partial charge in [-0.3, -0.25) is 9.78 Å². The average Bonchev–Trinajstić information content (AvgIpc) is 3.19. The molecule has 6 rings (SSSR count). The standard InChI is InChI=1S/C34H36ClN3O6/c35-25-9-7-24(8-10-25)34(42)13-18-37(19-14-34)16-3-6-27-28-5-1-15-36-30(28)22-43-31-12-11-26(20-29(27)31)44-33(41)38-17-2-4-23(21-38)32(39)40/h1,5-12,15,20,23,42H,2-4,13-14,16-19,21-22H2,(H,39,40)/b27-6+/t23-/m1/s1. The molecule has 3 aliphatic rings. The van der Waals surface area contributed by atoms with Crippen LogP contribution in [0.5, 0.6) is 11.5 Å². The van der Waals surface area contributed by atoms with E-state index in [1.807, 2.05) is 42.5 Å². The molecule has 2 saturated heterocycles. The van der Waals surface area contributed by atoms with Crippen LogP contribution in [0.25, 0.3) is 5.57 Å². The second-order valence-corrected chi connectivity index (χ2v) is 12.2. The van der Waals surface area contributed by atoms with E-state index in [-0.39, 0.29) is 6.54 Å². The monoisotopic (exact) mass is 617 g/mol. The molecule has 0 bridgehead atoms. The number of carbonyl (C=O) groups excluding carboxylic acids is 1. The smallest absolute Gasteiger partial charge is 0.415 e. The summed E-state index contributed by atoms with van der Waals surface area (Å²) in [4.78, 5) is 32.8. The molecule has 0 radical (unpaired) electrons. The molecule has 1 aromatic heterocycles. The SMILES string of the molecule is O=C(O)[C@@H]1CCCN(C(=O)Oc2ccc3c(c2)/C(=C/CCN2CCC(O)(c4ccc(Cl)cc4)CC2)c2cccnc2CO3)C1. The maximum atomic E-state index is 13.0.